The molecule has 1 aromatic carbocycles. The first-order valence-electron chi connectivity index (χ1n) is 10.5. The number of amides is 1. The van der Waals surface area contributed by atoms with Crippen molar-refractivity contribution < 1.29 is 13.6 Å². The van der Waals surface area contributed by atoms with E-state index in [1.165, 1.54) is 12.0 Å². The minimum atomic E-state index is -0.423. The third-order valence-electron chi connectivity index (χ3n) is 6.55. The predicted octanol–water partition coefficient (Wildman–Crippen LogP) is 3.04. The third kappa shape index (κ3) is 3.15. The number of hydrogen-bond donors (Lipinski definition) is 0. The minimum absolute atomic E-state index is 0.00498. The number of piperazine rings is 1. The number of rotatable bonds is 2. The standard InChI is InChI=1S/C23H26N2O4/c1-14-16-11-18-15-5-3-4-6-19(15)28-21(18)13-20(16)29-23(27)17(14)12-22(26)25-9-7-24(2)8-10-25/h11,13H,3-10,12H2,1-2H3. The van der Waals surface area contributed by atoms with Crippen LogP contribution < -0.4 is 5.63 Å². The lowest BCUT2D eigenvalue weighted by Crippen LogP contribution is -2.47. The van der Waals surface area contributed by atoms with Crippen LogP contribution >= 0.6 is 0 Å². The van der Waals surface area contributed by atoms with Crippen molar-refractivity contribution in [1.29, 1.82) is 0 Å². The molecule has 152 valence electrons. The van der Waals surface area contributed by atoms with Crippen molar-refractivity contribution in [2.45, 2.75) is 39.0 Å². The number of aryl methyl sites for hydroxylation is 3. The summed E-state index contributed by atoms with van der Waals surface area (Å²) in [5.41, 5.74) is 3.49. The van der Waals surface area contributed by atoms with E-state index in [4.69, 9.17) is 8.83 Å². The molecule has 3 heterocycles. The largest absolute Gasteiger partial charge is 0.461 e. The molecule has 6 heteroatoms. The van der Waals surface area contributed by atoms with Gasteiger partial charge in [-0.05, 0) is 44.9 Å². The van der Waals surface area contributed by atoms with Crippen molar-refractivity contribution in [3.63, 3.8) is 0 Å². The van der Waals surface area contributed by atoms with Crippen LogP contribution in [0.1, 0.15) is 35.3 Å². The van der Waals surface area contributed by atoms with Crippen molar-refractivity contribution in [2.75, 3.05) is 33.2 Å². The van der Waals surface area contributed by atoms with Crippen molar-refractivity contribution >= 4 is 27.8 Å². The number of fused-ring (bicyclic) bond motifs is 4. The van der Waals surface area contributed by atoms with Gasteiger partial charge in [-0.2, -0.15) is 0 Å². The van der Waals surface area contributed by atoms with Gasteiger partial charge in [0.05, 0.1) is 12.0 Å². The quantitative estimate of drug-likeness (QED) is 0.625. The van der Waals surface area contributed by atoms with Gasteiger partial charge < -0.3 is 18.6 Å². The highest BCUT2D eigenvalue weighted by Gasteiger charge is 2.24. The van der Waals surface area contributed by atoms with Crippen LogP contribution in [0.3, 0.4) is 0 Å². The van der Waals surface area contributed by atoms with E-state index in [0.29, 0.717) is 24.2 Å². The summed E-state index contributed by atoms with van der Waals surface area (Å²) in [6, 6.07) is 3.92. The van der Waals surface area contributed by atoms with E-state index in [2.05, 4.69) is 18.0 Å². The molecule has 0 N–H and O–H groups in total. The summed E-state index contributed by atoms with van der Waals surface area (Å²) in [5.74, 6) is 1.06. The number of likely N-dealkylation sites (N-methyl/N-ethyl adjacent to an activating group) is 1. The van der Waals surface area contributed by atoms with Gasteiger partial charge in [-0.25, -0.2) is 4.79 Å². The zero-order valence-electron chi connectivity index (χ0n) is 17.0. The first kappa shape index (κ1) is 18.4. The first-order chi connectivity index (χ1) is 14.0. The van der Waals surface area contributed by atoms with Gasteiger partial charge in [0.1, 0.15) is 16.9 Å². The highest BCUT2D eigenvalue weighted by molar-refractivity contribution is 5.97. The Hall–Kier alpha value is -2.60. The Balaban J connectivity index is 1.55. The average molecular weight is 394 g/mol. The summed E-state index contributed by atoms with van der Waals surface area (Å²) in [4.78, 5) is 29.5. The number of benzene rings is 1. The van der Waals surface area contributed by atoms with Gasteiger partial charge in [0.2, 0.25) is 5.91 Å². The molecule has 1 aliphatic heterocycles. The second kappa shape index (κ2) is 7.02. The summed E-state index contributed by atoms with van der Waals surface area (Å²) < 4.78 is 11.7. The maximum absolute atomic E-state index is 12.8. The van der Waals surface area contributed by atoms with E-state index < -0.39 is 5.63 Å². The van der Waals surface area contributed by atoms with Crippen LogP contribution in [0.15, 0.2) is 25.8 Å². The number of hydrogen-bond acceptors (Lipinski definition) is 5. The molecule has 29 heavy (non-hydrogen) atoms. The van der Waals surface area contributed by atoms with Crippen LogP contribution in [0.5, 0.6) is 0 Å². The van der Waals surface area contributed by atoms with Crippen molar-refractivity contribution in [2.24, 2.45) is 0 Å². The van der Waals surface area contributed by atoms with Gasteiger partial charge in [0.25, 0.3) is 0 Å². The molecule has 0 atom stereocenters. The maximum Gasteiger partial charge on any atom is 0.340 e. The van der Waals surface area contributed by atoms with E-state index in [-0.39, 0.29) is 12.3 Å². The van der Waals surface area contributed by atoms with Gasteiger partial charge in [-0.3, -0.25) is 4.79 Å². The molecule has 0 radical (unpaired) electrons. The van der Waals surface area contributed by atoms with Gasteiger partial charge >= 0.3 is 5.63 Å². The summed E-state index contributed by atoms with van der Waals surface area (Å²) in [6.45, 7) is 5.05. The van der Waals surface area contributed by atoms with Crippen molar-refractivity contribution in [1.82, 2.24) is 9.80 Å². The second-order valence-electron chi connectivity index (χ2n) is 8.41. The van der Waals surface area contributed by atoms with Crippen LogP contribution in [0.4, 0.5) is 0 Å². The number of carbonyl (C=O) groups excluding carboxylic acids is 1. The smallest absolute Gasteiger partial charge is 0.340 e. The Morgan fingerprint density at radius 3 is 2.52 bits per heavy atom. The zero-order chi connectivity index (χ0) is 20.1. The fourth-order valence-electron chi connectivity index (χ4n) is 4.67. The van der Waals surface area contributed by atoms with E-state index in [9.17, 15) is 9.59 Å². The van der Waals surface area contributed by atoms with Gasteiger partial charge in [-0.1, -0.05) is 0 Å². The van der Waals surface area contributed by atoms with E-state index in [1.54, 1.807) is 0 Å². The molecule has 2 aromatic heterocycles. The topological polar surface area (TPSA) is 66.9 Å². The second-order valence-corrected chi connectivity index (χ2v) is 8.41. The molecular formula is C23H26N2O4. The zero-order valence-corrected chi connectivity index (χ0v) is 17.0. The highest BCUT2D eigenvalue weighted by atomic mass is 16.4. The molecule has 1 fully saturated rings. The molecule has 2 aliphatic rings. The fourth-order valence-corrected chi connectivity index (χ4v) is 4.67. The molecule has 6 nitrogen and oxygen atoms in total. The lowest BCUT2D eigenvalue weighted by molar-refractivity contribution is -0.132. The van der Waals surface area contributed by atoms with Gasteiger partial charge in [0, 0.05) is 55.0 Å². The average Bonchev–Trinajstić information content (AvgIpc) is 3.07. The molecule has 0 unspecified atom stereocenters. The molecule has 0 bridgehead atoms. The number of carbonyl (C=O) groups is 1. The number of nitrogens with zero attached hydrogens (tertiary/aromatic N) is 2. The molecule has 3 aromatic rings. The predicted molar refractivity (Wildman–Crippen MR) is 111 cm³/mol. The summed E-state index contributed by atoms with van der Waals surface area (Å²) in [7, 11) is 2.05. The molecule has 0 saturated carbocycles. The Morgan fingerprint density at radius 1 is 1.00 bits per heavy atom. The fraction of sp³-hybridized carbons (Fsp3) is 0.478. The van der Waals surface area contributed by atoms with Crippen molar-refractivity contribution in [3.05, 3.63) is 45.0 Å². The Bertz CT molecular complexity index is 1170. The molecule has 1 amide bonds. The normalized spacial score (nSPS) is 17.8. The Labute approximate surface area is 169 Å². The van der Waals surface area contributed by atoms with Crippen LogP contribution in [0.25, 0.3) is 21.9 Å². The lowest BCUT2D eigenvalue weighted by Gasteiger charge is -2.32. The van der Waals surface area contributed by atoms with Crippen LogP contribution in [-0.4, -0.2) is 48.9 Å². The SMILES string of the molecule is Cc1c(CC(=O)N2CCN(C)CC2)c(=O)oc2cc3oc4c(c3cc12)CCCC4. The third-order valence-corrected chi connectivity index (χ3v) is 6.55. The summed E-state index contributed by atoms with van der Waals surface area (Å²) in [5, 5.41) is 2.01. The van der Waals surface area contributed by atoms with Gasteiger partial charge in [-0.15, -0.1) is 0 Å². The molecule has 1 aliphatic carbocycles. The van der Waals surface area contributed by atoms with E-state index in [0.717, 1.165) is 60.0 Å². The monoisotopic (exact) mass is 394 g/mol. The molecule has 1 saturated heterocycles. The highest BCUT2D eigenvalue weighted by Crippen LogP contribution is 2.35. The summed E-state index contributed by atoms with van der Waals surface area (Å²) >= 11 is 0. The Morgan fingerprint density at radius 2 is 1.72 bits per heavy atom. The van der Waals surface area contributed by atoms with Crippen LogP contribution in [-0.2, 0) is 24.1 Å². The van der Waals surface area contributed by atoms with Gasteiger partial charge in [0.15, 0.2) is 0 Å². The summed E-state index contributed by atoms with van der Waals surface area (Å²) in [6.07, 6.45) is 4.41. The Kier molecular flexibility index (Phi) is 4.46. The van der Waals surface area contributed by atoms with E-state index in [1.807, 2.05) is 17.9 Å². The molecular weight excluding hydrogens is 368 g/mol. The maximum atomic E-state index is 12.8. The number of furan rings is 1. The van der Waals surface area contributed by atoms with Crippen LogP contribution in [0.2, 0.25) is 0 Å². The van der Waals surface area contributed by atoms with E-state index >= 15 is 0 Å². The first-order valence-corrected chi connectivity index (χ1v) is 10.5. The molecule has 5 rings (SSSR count). The van der Waals surface area contributed by atoms with Crippen molar-refractivity contribution in [3.8, 4) is 0 Å². The molecule has 0 spiro atoms. The lowest BCUT2D eigenvalue weighted by atomic mass is 9.94. The van der Waals surface area contributed by atoms with Crippen LogP contribution in [0, 0.1) is 6.92 Å². The minimum Gasteiger partial charge on any atom is -0.461 e.